The highest BCUT2D eigenvalue weighted by Crippen LogP contribution is 2.32. The largest absolute Gasteiger partial charge is 0.494 e. The van der Waals surface area contributed by atoms with Gasteiger partial charge in [0, 0.05) is 17.3 Å². The van der Waals surface area contributed by atoms with Crippen molar-refractivity contribution in [1.29, 1.82) is 0 Å². The quantitative estimate of drug-likeness (QED) is 0.540. The molecule has 1 aromatic heterocycles. The summed E-state index contributed by atoms with van der Waals surface area (Å²) in [5.41, 5.74) is 2.29. The van der Waals surface area contributed by atoms with Gasteiger partial charge in [-0.1, -0.05) is 0 Å². The maximum atomic E-state index is 12.4. The van der Waals surface area contributed by atoms with Crippen molar-refractivity contribution >= 4 is 46.6 Å². The van der Waals surface area contributed by atoms with Crippen LogP contribution in [0.2, 0.25) is 0 Å². The van der Waals surface area contributed by atoms with Crippen LogP contribution >= 0.6 is 12.4 Å². The fourth-order valence-electron chi connectivity index (χ4n) is 2.77. The number of pyridine rings is 1. The van der Waals surface area contributed by atoms with Gasteiger partial charge in [-0.05, 0) is 56.3 Å². The second-order valence-electron chi connectivity index (χ2n) is 5.89. The molecule has 2 aromatic carbocycles. The number of esters is 1. The summed E-state index contributed by atoms with van der Waals surface area (Å²) in [6.07, 6.45) is 1.47. The van der Waals surface area contributed by atoms with E-state index in [4.69, 9.17) is 14.6 Å². The van der Waals surface area contributed by atoms with Gasteiger partial charge in [0.05, 0.1) is 30.0 Å². The Balaban J connectivity index is 0.00000300. The number of carboxylic acids is 1. The molecule has 0 saturated carbocycles. The number of carboxylic acid groups (broad SMARTS) is 1. The number of hydrogen-bond donors (Lipinski definition) is 2. The number of carbonyl (C=O) groups is 2. The number of rotatable bonds is 7. The fraction of sp³-hybridized carbons (Fsp3) is 0.190. The molecule has 0 atom stereocenters. The third-order valence-electron chi connectivity index (χ3n) is 4.05. The van der Waals surface area contributed by atoms with Gasteiger partial charge in [-0.2, -0.15) is 0 Å². The number of carbonyl (C=O) groups excluding carboxylic acids is 1. The van der Waals surface area contributed by atoms with Crippen molar-refractivity contribution in [2.24, 2.45) is 0 Å². The summed E-state index contributed by atoms with van der Waals surface area (Å²) in [5, 5.41) is 13.0. The Hall–Kier alpha value is -3.32. The molecule has 0 aliphatic rings. The summed E-state index contributed by atoms with van der Waals surface area (Å²) >= 11 is 0. The molecule has 3 rings (SSSR count). The lowest BCUT2D eigenvalue weighted by atomic mass is 10.1. The molecule has 0 unspecified atom stereocenters. The summed E-state index contributed by atoms with van der Waals surface area (Å²) in [4.78, 5) is 27.8. The Morgan fingerprint density at radius 3 is 2.41 bits per heavy atom. The van der Waals surface area contributed by atoms with Gasteiger partial charge in [0.15, 0.2) is 0 Å². The average molecular weight is 417 g/mol. The molecule has 1 heterocycles. The zero-order chi connectivity index (χ0) is 20.1. The van der Waals surface area contributed by atoms with Crippen molar-refractivity contribution < 1.29 is 24.2 Å². The number of hydrogen-bond acceptors (Lipinski definition) is 6. The smallest absolute Gasteiger partial charge is 0.341 e. The van der Waals surface area contributed by atoms with Gasteiger partial charge in [0.1, 0.15) is 11.3 Å². The van der Waals surface area contributed by atoms with Crippen molar-refractivity contribution in [3.8, 4) is 5.75 Å². The number of nitrogens with zero attached hydrogens (tertiary/aromatic N) is 1. The molecule has 0 aliphatic heterocycles. The molecule has 0 aliphatic carbocycles. The first-order valence-electron chi connectivity index (χ1n) is 8.86. The molecule has 0 bridgehead atoms. The number of aromatic nitrogens is 1. The van der Waals surface area contributed by atoms with Crippen LogP contribution in [0.3, 0.4) is 0 Å². The summed E-state index contributed by atoms with van der Waals surface area (Å²) < 4.78 is 10.7. The van der Waals surface area contributed by atoms with Crippen molar-refractivity contribution in [2.75, 3.05) is 18.5 Å². The lowest BCUT2D eigenvalue weighted by Crippen LogP contribution is -2.09. The molecule has 0 spiro atoms. The van der Waals surface area contributed by atoms with E-state index < -0.39 is 11.9 Å². The second kappa shape index (κ2) is 9.75. The zero-order valence-corrected chi connectivity index (χ0v) is 16.8. The Morgan fingerprint density at radius 1 is 1.07 bits per heavy atom. The predicted octanol–water partition coefficient (Wildman–Crippen LogP) is 4.67. The molecule has 7 nitrogen and oxygen atoms in total. The maximum Gasteiger partial charge on any atom is 0.341 e. The monoisotopic (exact) mass is 416 g/mol. The highest BCUT2D eigenvalue weighted by molar-refractivity contribution is 6.06. The fourth-order valence-corrected chi connectivity index (χ4v) is 2.77. The first-order chi connectivity index (χ1) is 13.5. The molecule has 0 fully saturated rings. The molecular weight excluding hydrogens is 396 g/mol. The normalized spacial score (nSPS) is 10.1. The van der Waals surface area contributed by atoms with Crippen LogP contribution < -0.4 is 10.1 Å². The lowest BCUT2D eigenvalue weighted by Gasteiger charge is -2.15. The third-order valence-corrected chi connectivity index (χ3v) is 4.05. The SMILES string of the molecule is CCOC(=O)c1cnc2ccc(OCC)cc2c1Nc1ccc(C(=O)O)cc1.Cl. The first-order valence-corrected chi connectivity index (χ1v) is 8.86. The number of anilines is 2. The molecule has 152 valence electrons. The van der Waals surface area contributed by atoms with Crippen LogP contribution in [0.1, 0.15) is 34.6 Å². The number of benzene rings is 2. The van der Waals surface area contributed by atoms with E-state index in [9.17, 15) is 9.59 Å². The van der Waals surface area contributed by atoms with E-state index in [1.54, 1.807) is 19.1 Å². The van der Waals surface area contributed by atoms with Crippen molar-refractivity contribution in [1.82, 2.24) is 4.98 Å². The number of nitrogens with one attached hydrogen (secondary N) is 1. The third kappa shape index (κ3) is 4.94. The molecule has 0 amide bonds. The van der Waals surface area contributed by atoms with Crippen LogP contribution in [0.25, 0.3) is 10.9 Å². The van der Waals surface area contributed by atoms with Gasteiger partial charge in [0.2, 0.25) is 0 Å². The summed E-state index contributed by atoms with van der Waals surface area (Å²) in [7, 11) is 0. The second-order valence-corrected chi connectivity index (χ2v) is 5.89. The molecule has 0 saturated heterocycles. The predicted molar refractivity (Wildman–Crippen MR) is 113 cm³/mol. The minimum atomic E-state index is -1.01. The summed E-state index contributed by atoms with van der Waals surface area (Å²) in [5.74, 6) is -0.847. The van der Waals surface area contributed by atoms with E-state index in [2.05, 4.69) is 10.3 Å². The van der Waals surface area contributed by atoms with Crippen LogP contribution in [0.15, 0.2) is 48.7 Å². The van der Waals surface area contributed by atoms with Crippen molar-refractivity contribution in [3.05, 3.63) is 59.8 Å². The van der Waals surface area contributed by atoms with E-state index in [0.29, 0.717) is 34.6 Å². The molecule has 8 heteroatoms. The highest BCUT2D eigenvalue weighted by Gasteiger charge is 2.18. The standard InChI is InChI=1S/C21H20N2O5.ClH/c1-3-27-15-9-10-18-16(11-15)19(17(12-22-18)21(26)28-4-2)23-14-7-5-13(6-8-14)20(24)25;/h5-12H,3-4H2,1-2H3,(H,22,23)(H,24,25);1H. The number of ether oxygens (including phenoxy) is 2. The van der Waals surface area contributed by atoms with E-state index in [-0.39, 0.29) is 30.1 Å². The summed E-state index contributed by atoms with van der Waals surface area (Å²) in [6, 6.07) is 11.7. The Bertz CT molecular complexity index is 1020. The van der Waals surface area contributed by atoms with Gasteiger partial charge in [0.25, 0.3) is 0 Å². The minimum Gasteiger partial charge on any atom is -0.494 e. The number of fused-ring (bicyclic) bond motifs is 1. The van der Waals surface area contributed by atoms with Crippen molar-refractivity contribution in [3.63, 3.8) is 0 Å². The Labute approximate surface area is 174 Å². The van der Waals surface area contributed by atoms with Crippen LogP contribution in [-0.4, -0.2) is 35.2 Å². The number of aromatic carboxylic acids is 1. The minimum absolute atomic E-state index is 0. The van der Waals surface area contributed by atoms with Gasteiger partial charge in [-0.15, -0.1) is 12.4 Å². The highest BCUT2D eigenvalue weighted by atomic mass is 35.5. The number of halogens is 1. The topological polar surface area (TPSA) is 97.8 Å². The van der Waals surface area contributed by atoms with E-state index in [1.807, 2.05) is 25.1 Å². The van der Waals surface area contributed by atoms with Gasteiger partial charge in [-0.3, -0.25) is 4.98 Å². The Morgan fingerprint density at radius 2 is 1.79 bits per heavy atom. The molecule has 2 N–H and O–H groups in total. The average Bonchev–Trinajstić information content (AvgIpc) is 2.69. The van der Waals surface area contributed by atoms with Crippen molar-refractivity contribution in [2.45, 2.75) is 13.8 Å². The molecule has 3 aromatic rings. The van der Waals surface area contributed by atoms with Gasteiger partial charge < -0.3 is 19.9 Å². The van der Waals surface area contributed by atoms with E-state index in [0.717, 1.165) is 0 Å². The zero-order valence-electron chi connectivity index (χ0n) is 16.0. The van der Waals surface area contributed by atoms with Gasteiger partial charge >= 0.3 is 11.9 Å². The summed E-state index contributed by atoms with van der Waals surface area (Å²) in [6.45, 7) is 4.37. The van der Waals surface area contributed by atoms with Crippen LogP contribution in [0.4, 0.5) is 11.4 Å². The first kappa shape index (κ1) is 22.0. The maximum absolute atomic E-state index is 12.4. The van der Waals surface area contributed by atoms with E-state index in [1.165, 1.54) is 18.3 Å². The molecule has 0 radical (unpaired) electrons. The van der Waals surface area contributed by atoms with Crippen LogP contribution in [-0.2, 0) is 4.74 Å². The molecular formula is C21H21ClN2O5. The molecule has 29 heavy (non-hydrogen) atoms. The van der Waals surface area contributed by atoms with Gasteiger partial charge in [-0.25, -0.2) is 9.59 Å². The van der Waals surface area contributed by atoms with E-state index >= 15 is 0 Å². The van der Waals surface area contributed by atoms with Crippen LogP contribution in [0, 0.1) is 0 Å². The Kier molecular flexibility index (Phi) is 7.39. The van der Waals surface area contributed by atoms with Crippen LogP contribution in [0.5, 0.6) is 5.75 Å². The lowest BCUT2D eigenvalue weighted by molar-refractivity contribution is 0.0526.